The predicted molar refractivity (Wildman–Crippen MR) is 77.2 cm³/mol. The van der Waals surface area contributed by atoms with Crippen molar-refractivity contribution in [3.8, 4) is 0 Å². The van der Waals surface area contributed by atoms with Gasteiger partial charge in [0, 0.05) is 19.6 Å². The van der Waals surface area contributed by atoms with Crippen molar-refractivity contribution in [2.45, 2.75) is 33.1 Å². The number of pyridine rings is 1. The van der Waals surface area contributed by atoms with E-state index < -0.39 is 0 Å². The number of rotatable bonds is 9. The van der Waals surface area contributed by atoms with Crippen LogP contribution in [-0.4, -0.2) is 36.3 Å². The summed E-state index contributed by atoms with van der Waals surface area (Å²) in [6.45, 7) is 6.99. The van der Waals surface area contributed by atoms with Crippen molar-refractivity contribution in [1.82, 2.24) is 4.98 Å². The maximum absolute atomic E-state index is 9.12. The minimum atomic E-state index is 0.165. The number of anilines is 2. The Bertz CT molecular complexity index is 331. The summed E-state index contributed by atoms with van der Waals surface area (Å²) in [5.41, 5.74) is 0. The normalized spacial score (nSPS) is 10.4. The van der Waals surface area contributed by atoms with E-state index in [0.717, 1.165) is 44.0 Å². The van der Waals surface area contributed by atoms with Gasteiger partial charge in [0.15, 0.2) is 0 Å². The number of nitrogens with zero attached hydrogens (tertiary/aromatic N) is 2. The molecular weight excluding hydrogens is 226 g/mol. The summed E-state index contributed by atoms with van der Waals surface area (Å²) in [5, 5.41) is 12.4. The Kier molecular flexibility index (Phi) is 7.18. The van der Waals surface area contributed by atoms with E-state index in [0.29, 0.717) is 6.54 Å². The van der Waals surface area contributed by atoms with Gasteiger partial charge in [-0.2, -0.15) is 0 Å². The average molecular weight is 251 g/mol. The van der Waals surface area contributed by atoms with Crippen molar-refractivity contribution in [2.24, 2.45) is 0 Å². The maximum atomic E-state index is 9.12. The molecule has 1 aromatic rings. The summed E-state index contributed by atoms with van der Waals surface area (Å²) < 4.78 is 0. The van der Waals surface area contributed by atoms with Crippen LogP contribution in [0.25, 0.3) is 0 Å². The fourth-order valence-corrected chi connectivity index (χ4v) is 1.76. The van der Waals surface area contributed by atoms with Crippen LogP contribution in [0.2, 0.25) is 0 Å². The second kappa shape index (κ2) is 8.75. The fourth-order valence-electron chi connectivity index (χ4n) is 1.76. The lowest BCUT2D eigenvalue weighted by molar-refractivity contribution is 0.301. The van der Waals surface area contributed by atoms with Gasteiger partial charge in [0.05, 0.1) is 6.61 Å². The number of aromatic nitrogens is 1. The quantitative estimate of drug-likeness (QED) is 0.708. The molecule has 18 heavy (non-hydrogen) atoms. The Morgan fingerprint density at radius 2 is 2.06 bits per heavy atom. The molecule has 1 rings (SSSR count). The summed E-state index contributed by atoms with van der Waals surface area (Å²) >= 11 is 0. The zero-order valence-corrected chi connectivity index (χ0v) is 11.5. The van der Waals surface area contributed by atoms with Crippen LogP contribution in [0.1, 0.15) is 33.1 Å². The van der Waals surface area contributed by atoms with E-state index in [-0.39, 0.29) is 6.61 Å². The molecule has 0 atom stereocenters. The number of aliphatic hydroxyl groups excluding tert-OH is 1. The summed E-state index contributed by atoms with van der Waals surface area (Å²) in [4.78, 5) is 6.73. The van der Waals surface area contributed by atoms with E-state index in [1.165, 1.54) is 0 Å². The third-order valence-electron chi connectivity index (χ3n) is 2.77. The highest BCUT2D eigenvalue weighted by atomic mass is 16.3. The zero-order valence-electron chi connectivity index (χ0n) is 11.5. The maximum Gasteiger partial charge on any atom is 0.131 e. The van der Waals surface area contributed by atoms with E-state index in [2.05, 4.69) is 29.0 Å². The second-order valence-corrected chi connectivity index (χ2v) is 4.37. The van der Waals surface area contributed by atoms with Gasteiger partial charge in [-0.05, 0) is 25.0 Å². The molecule has 1 heterocycles. The van der Waals surface area contributed by atoms with Gasteiger partial charge in [-0.25, -0.2) is 4.98 Å². The van der Waals surface area contributed by atoms with Gasteiger partial charge < -0.3 is 15.3 Å². The van der Waals surface area contributed by atoms with Crippen molar-refractivity contribution < 1.29 is 5.11 Å². The standard InChI is InChI=1S/C14H25N3O/c1-3-5-10-17(11-12-18)14-8-6-7-13(16-14)15-9-4-2/h6-8,18H,3-5,9-12H2,1-2H3,(H,15,16). The lowest BCUT2D eigenvalue weighted by Crippen LogP contribution is -2.28. The van der Waals surface area contributed by atoms with Crippen LogP contribution >= 0.6 is 0 Å². The zero-order chi connectivity index (χ0) is 13.2. The Morgan fingerprint density at radius 3 is 2.72 bits per heavy atom. The molecule has 0 aliphatic heterocycles. The number of nitrogens with one attached hydrogen (secondary N) is 1. The number of hydrogen-bond donors (Lipinski definition) is 2. The van der Waals surface area contributed by atoms with Crippen LogP contribution in [0.15, 0.2) is 18.2 Å². The number of unbranched alkanes of at least 4 members (excludes halogenated alkanes) is 1. The lowest BCUT2D eigenvalue weighted by atomic mass is 10.3. The van der Waals surface area contributed by atoms with Crippen molar-refractivity contribution in [2.75, 3.05) is 36.5 Å². The Hall–Kier alpha value is -1.29. The fraction of sp³-hybridized carbons (Fsp3) is 0.643. The van der Waals surface area contributed by atoms with Crippen molar-refractivity contribution in [1.29, 1.82) is 0 Å². The van der Waals surface area contributed by atoms with Crippen LogP contribution < -0.4 is 10.2 Å². The van der Waals surface area contributed by atoms with Gasteiger partial charge in [0.1, 0.15) is 11.6 Å². The van der Waals surface area contributed by atoms with E-state index in [4.69, 9.17) is 5.11 Å². The van der Waals surface area contributed by atoms with Gasteiger partial charge in [-0.15, -0.1) is 0 Å². The first kappa shape index (κ1) is 14.8. The molecule has 0 saturated heterocycles. The van der Waals surface area contributed by atoms with E-state index in [1.54, 1.807) is 0 Å². The highest BCUT2D eigenvalue weighted by Crippen LogP contribution is 2.14. The average Bonchev–Trinajstić information content (AvgIpc) is 2.41. The Morgan fingerprint density at radius 1 is 1.22 bits per heavy atom. The van der Waals surface area contributed by atoms with E-state index >= 15 is 0 Å². The van der Waals surface area contributed by atoms with E-state index in [9.17, 15) is 0 Å². The third kappa shape index (κ3) is 4.92. The molecule has 0 saturated carbocycles. The third-order valence-corrected chi connectivity index (χ3v) is 2.77. The smallest absolute Gasteiger partial charge is 0.131 e. The first-order chi connectivity index (χ1) is 8.81. The molecule has 0 bridgehead atoms. The summed E-state index contributed by atoms with van der Waals surface area (Å²) in [6, 6.07) is 6.00. The van der Waals surface area contributed by atoms with Crippen molar-refractivity contribution in [3.63, 3.8) is 0 Å². The van der Waals surface area contributed by atoms with Crippen LogP contribution in [-0.2, 0) is 0 Å². The molecule has 102 valence electrons. The molecule has 0 spiro atoms. The van der Waals surface area contributed by atoms with Crippen LogP contribution in [0.4, 0.5) is 11.6 Å². The predicted octanol–water partition coefficient (Wildman–Crippen LogP) is 2.50. The molecule has 0 radical (unpaired) electrons. The molecule has 0 aromatic carbocycles. The van der Waals surface area contributed by atoms with Crippen LogP contribution in [0, 0.1) is 0 Å². The highest BCUT2D eigenvalue weighted by Gasteiger charge is 2.07. The molecule has 0 fully saturated rings. The van der Waals surface area contributed by atoms with Gasteiger partial charge in [0.2, 0.25) is 0 Å². The second-order valence-electron chi connectivity index (χ2n) is 4.37. The molecule has 0 unspecified atom stereocenters. The molecule has 0 aliphatic carbocycles. The van der Waals surface area contributed by atoms with E-state index in [1.807, 2.05) is 18.2 Å². The first-order valence-electron chi connectivity index (χ1n) is 6.88. The van der Waals surface area contributed by atoms with Crippen molar-refractivity contribution >= 4 is 11.6 Å². The summed E-state index contributed by atoms with van der Waals surface area (Å²) in [6.07, 6.45) is 3.35. The number of hydrogen-bond acceptors (Lipinski definition) is 4. The number of aliphatic hydroxyl groups is 1. The van der Waals surface area contributed by atoms with Gasteiger partial charge in [-0.3, -0.25) is 0 Å². The summed E-state index contributed by atoms with van der Waals surface area (Å²) in [5.74, 6) is 1.85. The Labute approximate surface area is 110 Å². The minimum Gasteiger partial charge on any atom is -0.395 e. The molecule has 1 aromatic heterocycles. The summed E-state index contributed by atoms with van der Waals surface area (Å²) in [7, 11) is 0. The Balaban J connectivity index is 2.70. The minimum absolute atomic E-state index is 0.165. The molecule has 0 aliphatic rings. The van der Waals surface area contributed by atoms with Gasteiger partial charge in [0.25, 0.3) is 0 Å². The van der Waals surface area contributed by atoms with Crippen molar-refractivity contribution in [3.05, 3.63) is 18.2 Å². The van der Waals surface area contributed by atoms with Gasteiger partial charge in [-0.1, -0.05) is 26.3 Å². The van der Waals surface area contributed by atoms with Crippen LogP contribution in [0.5, 0.6) is 0 Å². The largest absolute Gasteiger partial charge is 0.395 e. The SMILES string of the molecule is CCCCN(CCO)c1cccc(NCCC)n1. The topological polar surface area (TPSA) is 48.4 Å². The van der Waals surface area contributed by atoms with Crippen LogP contribution in [0.3, 0.4) is 0 Å². The first-order valence-corrected chi connectivity index (χ1v) is 6.88. The lowest BCUT2D eigenvalue weighted by Gasteiger charge is -2.23. The van der Waals surface area contributed by atoms with Gasteiger partial charge >= 0.3 is 0 Å². The molecule has 2 N–H and O–H groups in total. The molecule has 4 nitrogen and oxygen atoms in total. The molecule has 0 amide bonds. The molecule has 4 heteroatoms. The monoisotopic (exact) mass is 251 g/mol. The highest BCUT2D eigenvalue weighted by molar-refractivity contribution is 5.47. The molecular formula is C14H25N3O.